The molecule has 96 valence electrons. The highest BCUT2D eigenvalue weighted by Gasteiger charge is 2.28. The first-order valence-electron chi connectivity index (χ1n) is 5.71. The van der Waals surface area contributed by atoms with Crippen LogP contribution in [0.3, 0.4) is 0 Å². The number of aliphatic hydroxyl groups excluding tert-OH is 1. The van der Waals surface area contributed by atoms with Gasteiger partial charge in [-0.1, -0.05) is 12.8 Å². The summed E-state index contributed by atoms with van der Waals surface area (Å²) in [5.41, 5.74) is 0. The Kier molecular flexibility index (Phi) is 3.50. The van der Waals surface area contributed by atoms with Crippen LogP contribution in [0.4, 0.5) is 0 Å². The Hall–Kier alpha value is -0.920. The van der Waals surface area contributed by atoms with E-state index in [1.54, 1.807) is 6.92 Å². The molecule has 0 saturated heterocycles. The molecule has 1 aliphatic rings. The van der Waals surface area contributed by atoms with Crippen LogP contribution < -0.4 is 4.72 Å². The smallest absolute Gasteiger partial charge is 0.257 e. The molecule has 3 N–H and O–H groups in total. The number of sulfonamides is 1. The average Bonchev–Trinajstić information content (AvgIpc) is 2.69. The minimum absolute atomic E-state index is 0.0489. The lowest BCUT2D eigenvalue weighted by Gasteiger charge is -2.27. The van der Waals surface area contributed by atoms with Crippen molar-refractivity contribution >= 4 is 10.0 Å². The van der Waals surface area contributed by atoms with Gasteiger partial charge in [0.25, 0.3) is 10.0 Å². The number of rotatable bonds is 3. The van der Waals surface area contributed by atoms with Gasteiger partial charge < -0.3 is 10.1 Å². The molecule has 0 radical (unpaired) electrons. The maximum atomic E-state index is 12.0. The van der Waals surface area contributed by atoms with Crippen molar-refractivity contribution in [1.82, 2.24) is 14.7 Å². The Morgan fingerprint density at radius 1 is 1.47 bits per heavy atom. The molecule has 2 rings (SSSR count). The first kappa shape index (κ1) is 12.5. The van der Waals surface area contributed by atoms with E-state index in [0.717, 1.165) is 12.8 Å². The molecule has 1 saturated carbocycles. The second-order valence-electron chi connectivity index (χ2n) is 4.41. The molecule has 0 bridgehead atoms. The van der Waals surface area contributed by atoms with Crippen LogP contribution in [-0.4, -0.2) is 35.6 Å². The SMILES string of the molecule is Cc1ncc(S(=O)(=O)N[C@H]2CCCC[C@@H]2O)[nH]1. The minimum atomic E-state index is -3.60. The average molecular weight is 259 g/mol. The monoisotopic (exact) mass is 259 g/mol. The maximum Gasteiger partial charge on any atom is 0.257 e. The van der Waals surface area contributed by atoms with Gasteiger partial charge in [0.2, 0.25) is 0 Å². The molecule has 2 atom stereocenters. The van der Waals surface area contributed by atoms with Gasteiger partial charge in [-0.05, 0) is 19.8 Å². The normalized spacial score (nSPS) is 26.0. The highest BCUT2D eigenvalue weighted by atomic mass is 32.2. The predicted octanol–water partition coefficient (Wildman–Crippen LogP) is 0.300. The number of nitrogens with one attached hydrogen (secondary N) is 2. The summed E-state index contributed by atoms with van der Waals surface area (Å²) in [5, 5.41) is 9.78. The van der Waals surface area contributed by atoms with E-state index in [1.807, 2.05) is 0 Å². The van der Waals surface area contributed by atoms with Crippen molar-refractivity contribution < 1.29 is 13.5 Å². The van der Waals surface area contributed by atoms with Crippen LogP contribution in [0.1, 0.15) is 31.5 Å². The second kappa shape index (κ2) is 4.75. The lowest BCUT2D eigenvalue weighted by molar-refractivity contribution is 0.101. The topological polar surface area (TPSA) is 95.1 Å². The van der Waals surface area contributed by atoms with E-state index in [1.165, 1.54) is 6.20 Å². The standard InChI is InChI=1S/C10H17N3O3S/c1-7-11-6-10(12-7)17(15,16)13-8-4-2-3-5-9(8)14/h6,8-9,13-14H,2-5H2,1H3,(H,11,12)/t8-,9-/m0/s1. The molecular weight excluding hydrogens is 242 g/mol. The summed E-state index contributed by atoms with van der Waals surface area (Å²) in [6, 6.07) is -0.391. The van der Waals surface area contributed by atoms with Gasteiger partial charge in [-0.2, -0.15) is 0 Å². The summed E-state index contributed by atoms with van der Waals surface area (Å²) < 4.78 is 26.5. The molecule has 1 aliphatic carbocycles. The summed E-state index contributed by atoms with van der Waals surface area (Å²) in [6.07, 6.45) is 3.90. The zero-order valence-corrected chi connectivity index (χ0v) is 10.5. The fraction of sp³-hybridized carbons (Fsp3) is 0.700. The van der Waals surface area contributed by atoms with Gasteiger partial charge in [0.1, 0.15) is 5.82 Å². The van der Waals surface area contributed by atoms with Crippen LogP contribution in [-0.2, 0) is 10.0 Å². The van der Waals surface area contributed by atoms with E-state index in [-0.39, 0.29) is 5.03 Å². The van der Waals surface area contributed by atoms with E-state index in [0.29, 0.717) is 18.7 Å². The lowest BCUT2D eigenvalue weighted by Crippen LogP contribution is -2.45. The molecule has 0 spiro atoms. The summed E-state index contributed by atoms with van der Waals surface area (Å²) in [7, 11) is -3.60. The number of imidazole rings is 1. The fourth-order valence-corrected chi connectivity index (χ4v) is 3.32. The summed E-state index contributed by atoms with van der Waals surface area (Å²) in [4.78, 5) is 6.54. The Bertz CT molecular complexity index is 483. The van der Waals surface area contributed by atoms with Crippen molar-refractivity contribution in [3.8, 4) is 0 Å². The van der Waals surface area contributed by atoms with Crippen LogP contribution in [0.2, 0.25) is 0 Å². The van der Waals surface area contributed by atoms with Crippen molar-refractivity contribution in [2.45, 2.75) is 49.8 Å². The molecule has 0 aromatic carbocycles. The van der Waals surface area contributed by atoms with Crippen LogP contribution in [0, 0.1) is 6.92 Å². The highest BCUT2D eigenvalue weighted by molar-refractivity contribution is 7.89. The Balaban J connectivity index is 2.11. The van der Waals surface area contributed by atoms with E-state index in [4.69, 9.17) is 0 Å². The third-order valence-electron chi connectivity index (χ3n) is 3.01. The quantitative estimate of drug-likeness (QED) is 0.727. The summed E-state index contributed by atoms with van der Waals surface area (Å²) in [5.74, 6) is 0.551. The van der Waals surface area contributed by atoms with E-state index in [9.17, 15) is 13.5 Å². The number of hydrogen-bond donors (Lipinski definition) is 3. The summed E-state index contributed by atoms with van der Waals surface area (Å²) >= 11 is 0. The number of aryl methyl sites for hydroxylation is 1. The van der Waals surface area contributed by atoms with Gasteiger partial charge >= 0.3 is 0 Å². The minimum Gasteiger partial charge on any atom is -0.391 e. The molecule has 1 heterocycles. The van der Waals surface area contributed by atoms with Gasteiger partial charge in [0.15, 0.2) is 5.03 Å². The number of aromatic nitrogens is 2. The zero-order chi connectivity index (χ0) is 12.5. The van der Waals surface area contributed by atoms with Gasteiger partial charge in [0.05, 0.1) is 12.3 Å². The molecule has 0 aliphatic heterocycles. The first-order valence-corrected chi connectivity index (χ1v) is 7.19. The van der Waals surface area contributed by atoms with E-state index >= 15 is 0 Å². The summed E-state index contributed by atoms with van der Waals surface area (Å²) in [6.45, 7) is 1.69. The van der Waals surface area contributed by atoms with Crippen molar-refractivity contribution in [1.29, 1.82) is 0 Å². The number of nitrogens with zero attached hydrogens (tertiary/aromatic N) is 1. The predicted molar refractivity (Wildman–Crippen MR) is 61.9 cm³/mol. The molecule has 6 nitrogen and oxygen atoms in total. The van der Waals surface area contributed by atoms with Crippen molar-refractivity contribution in [2.75, 3.05) is 0 Å². The third kappa shape index (κ3) is 2.85. The zero-order valence-electron chi connectivity index (χ0n) is 9.68. The molecule has 7 heteroatoms. The van der Waals surface area contributed by atoms with Crippen LogP contribution in [0.5, 0.6) is 0 Å². The molecule has 1 aromatic rings. The van der Waals surface area contributed by atoms with Crippen LogP contribution in [0.15, 0.2) is 11.2 Å². The molecule has 0 amide bonds. The second-order valence-corrected chi connectivity index (χ2v) is 6.09. The van der Waals surface area contributed by atoms with Crippen molar-refractivity contribution in [3.05, 3.63) is 12.0 Å². The maximum absolute atomic E-state index is 12.0. The highest BCUT2D eigenvalue weighted by Crippen LogP contribution is 2.20. The Morgan fingerprint density at radius 3 is 2.76 bits per heavy atom. The first-order chi connectivity index (χ1) is 7.99. The Labute approximate surface area is 101 Å². The van der Waals surface area contributed by atoms with Crippen molar-refractivity contribution in [2.24, 2.45) is 0 Å². The van der Waals surface area contributed by atoms with Gasteiger partial charge in [0, 0.05) is 6.04 Å². The van der Waals surface area contributed by atoms with Crippen LogP contribution >= 0.6 is 0 Å². The van der Waals surface area contributed by atoms with Gasteiger partial charge in [-0.15, -0.1) is 0 Å². The molecular formula is C10H17N3O3S. The van der Waals surface area contributed by atoms with E-state index in [2.05, 4.69) is 14.7 Å². The molecule has 0 unspecified atom stereocenters. The number of hydrogen-bond acceptors (Lipinski definition) is 4. The fourth-order valence-electron chi connectivity index (χ4n) is 2.05. The molecule has 1 fully saturated rings. The number of H-pyrrole nitrogens is 1. The lowest BCUT2D eigenvalue weighted by atomic mass is 9.93. The van der Waals surface area contributed by atoms with Crippen molar-refractivity contribution in [3.63, 3.8) is 0 Å². The number of aromatic amines is 1. The third-order valence-corrected chi connectivity index (χ3v) is 4.40. The molecule has 1 aromatic heterocycles. The molecule has 17 heavy (non-hydrogen) atoms. The largest absolute Gasteiger partial charge is 0.391 e. The van der Waals surface area contributed by atoms with Gasteiger partial charge in [-0.3, -0.25) is 0 Å². The van der Waals surface area contributed by atoms with E-state index < -0.39 is 22.2 Å². The van der Waals surface area contributed by atoms with Crippen LogP contribution in [0.25, 0.3) is 0 Å². The van der Waals surface area contributed by atoms with Gasteiger partial charge in [-0.25, -0.2) is 18.1 Å². The Morgan fingerprint density at radius 2 is 2.18 bits per heavy atom. The number of aliphatic hydroxyl groups is 1.